The Labute approximate surface area is 178 Å². The molecule has 0 saturated carbocycles. The van der Waals surface area contributed by atoms with Gasteiger partial charge in [0.25, 0.3) is 11.8 Å². The molecule has 0 heterocycles. The molecule has 31 heavy (non-hydrogen) atoms. The van der Waals surface area contributed by atoms with Crippen molar-refractivity contribution in [2.45, 2.75) is 6.10 Å². The maximum atomic E-state index is 13.6. The molecule has 0 spiro atoms. The Morgan fingerprint density at radius 3 is 2.39 bits per heavy atom. The van der Waals surface area contributed by atoms with Crippen LogP contribution in [0.4, 0.5) is 10.1 Å². The molecule has 3 rings (SSSR count). The summed E-state index contributed by atoms with van der Waals surface area (Å²) in [4.78, 5) is 36.0. The maximum Gasteiger partial charge on any atom is 0.270 e. The van der Waals surface area contributed by atoms with E-state index in [1.165, 1.54) is 30.3 Å². The van der Waals surface area contributed by atoms with Crippen molar-refractivity contribution in [1.82, 2.24) is 5.32 Å². The van der Waals surface area contributed by atoms with E-state index in [9.17, 15) is 18.8 Å². The Morgan fingerprint density at radius 2 is 1.68 bits per heavy atom. The molecule has 4 N–H and O–H groups in total. The third kappa shape index (κ3) is 6.14. The van der Waals surface area contributed by atoms with Crippen LogP contribution in [0.5, 0.6) is 5.75 Å². The van der Waals surface area contributed by atoms with Crippen LogP contribution in [0.2, 0.25) is 0 Å². The predicted octanol–water partition coefficient (Wildman–Crippen LogP) is 2.80. The van der Waals surface area contributed by atoms with Gasteiger partial charge in [0.15, 0.2) is 0 Å². The van der Waals surface area contributed by atoms with Gasteiger partial charge in [-0.3, -0.25) is 14.4 Å². The number of amides is 3. The van der Waals surface area contributed by atoms with Crippen LogP contribution in [0.25, 0.3) is 0 Å². The summed E-state index contributed by atoms with van der Waals surface area (Å²) in [6, 6.07) is 20.4. The van der Waals surface area contributed by atoms with Gasteiger partial charge in [-0.2, -0.15) is 0 Å². The monoisotopic (exact) mass is 421 g/mol. The second-order valence-corrected chi connectivity index (χ2v) is 6.58. The van der Waals surface area contributed by atoms with Gasteiger partial charge in [0, 0.05) is 22.9 Å². The van der Waals surface area contributed by atoms with Crippen LogP contribution in [0.15, 0.2) is 78.9 Å². The van der Waals surface area contributed by atoms with Gasteiger partial charge in [-0.05, 0) is 30.3 Å². The smallest absolute Gasteiger partial charge is 0.270 e. The van der Waals surface area contributed by atoms with Crippen LogP contribution in [0, 0.1) is 5.82 Å². The Morgan fingerprint density at radius 1 is 0.935 bits per heavy atom. The van der Waals surface area contributed by atoms with Gasteiger partial charge in [-0.1, -0.05) is 42.5 Å². The molecule has 0 aliphatic carbocycles. The summed E-state index contributed by atoms with van der Waals surface area (Å²) >= 11 is 0. The number of nitrogens with two attached hydrogens (primary N) is 1. The predicted molar refractivity (Wildman–Crippen MR) is 113 cm³/mol. The van der Waals surface area contributed by atoms with Gasteiger partial charge in [0.1, 0.15) is 11.6 Å². The molecule has 0 bridgehead atoms. The molecule has 1 atom stereocenters. The molecule has 0 fully saturated rings. The zero-order chi connectivity index (χ0) is 22.2. The first kappa shape index (κ1) is 21.5. The van der Waals surface area contributed by atoms with Crippen molar-refractivity contribution < 1.29 is 23.5 Å². The lowest BCUT2D eigenvalue weighted by Crippen LogP contribution is -2.33. The molecule has 158 valence electrons. The lowest BCUT2D eigenvalue weighted by Gasteiger charge is -2.19. The molecule has 3 aromatic carbocycles. The number of hydrogen-bond donors (Lipinski definition) is 3. The number of hydrogen-bond acceptors (Lipinski definition) is 4. The standard InChI is InChI=1S/C23H20FN3O4/c24-17-9-5-11-19(13-17)31-21(15-6-2-1-3-7-15)23(30)27-18-10-4-8-16(12-18)22(29)26-14-20(25)28/h1-13,21H,14H2,(H2,25,28)(H,26,29)(H,27,30). The largest absolute Gasteiger partial charge is 0.476 e. The van der Waals surface area contributed by atoms with Crippen LogP contribution in [-0.4, -0.2) is 24.3 Å². The van der Waals surface area contributed by atoms with E-state index < -0.39 is 29.6 Å². The van der Waals surface area contributed by atoms with Crippen molar-refractivity contribution in [1.29, 1.82) is 0 Å². The molecule has 0 aromatic heterocycles. The highest BCUT2D eigenvalue weighted by molar-refractivity contribution is 5.99. The number of benzene rings is 3. The first-order valence-electron chi connectivity index (χ1n) is 9.37. The van der Waals surface area contributed by atoms with Crippen LogP contribution in [0.1, 0.15) is 22.0 Å². The molecular weight excluding hydrogens is 401 g/mol. The summed E-state index contributed by atoms with van der Waals surface area (Å²) in [6.45, 7) is -0.299. The minimum atomic E-state index is -1.06. The molecular formula is C23H20FN3O4. The summed E-state index contributed by atoms with van der Waals surface area (Å²) in [5.74, 6) is -1.98. The third-order valence-electron chi connectivity index (χ3n) is 4.21. The van der Waals surface area contributed by atoms with E-state index in [1.54, 1.807) is 48.5 Å². The van der Waals surface area contributed by atoms with Gasteiger partial charge in [0.2, 0.25) is 12.0 Å². The Kier molecular flexibility index (Phi) is 6.95. The molecule has 0 saturated heterocycles. The van der Waals surface area contributed by atoms with Gasteiger partial charge in [-0.25, -0.2) is 4.39 Å². The summed E-state index contributed by atoms with van der Waals surface area (Å²) < 4.78 is 19.3. The minimum absolute atomic E-state index is 0.198. The van der Waals surface area contributed by atoms with Gasteiger partial charge >= 0.3 is 0 Å². The number of halogens is 1. The highest BCUT2D eigenvalue weighted by Crippen LogP contribution is 2.24. The highest BCUT2D eigenvalue weighted by Gasteiger charge is 2.23. The fraction of sp³-hybridized carbons (Fsp3) is 0.0870. The van der Waals surface area contributed by atoms with Gasteiger partial charge in [0.05, 0.1) is 6.54 Å². The van der Waals surface area contributed by atoms with Crippen LogP contribution < -0.4 is 21.1 Å². The number of primary amides is 1. The quantitative estimate of drug-likeness (QED) is 0.519. The minimum Gasteiger partial charge on any atom is -0.476 e. The van der Waals surface area contributed by atoms with Gasteiger partial charge in [-0.15, -0.1) is 0 Å². The van der Waals surface area contributed by atoms with E-state index in [2.05, 4.69) is 10.6 Å². The zero-order valence-electron chi connectivity index (χ0n) is 16.4. The zero-order valence-corrected chi connectivity index (χ0v) is 16.4. The summed E-state index contributed by atoms with van der Waals surface area (Å²) in [5, 5.41) is 5.09. The second kappa shape index (κ2) is 10.0. The van der Waals surface area contributed by atoms with E-state index in [0.29, 0.717) is 11.3 Å². The van der Waals surface area contributed by atoms with Crippen LogP contribution in [-0.2, 0) is 9.59 Å². The molecule has 1 unspecified atom stereocenters. The average molecular weight is 421 g/mol. The first-order valence-corrected chi connectivity index (χ1v) is 9.37. The van der Waals surface area contributed by atoms with E-state index in [4.69, 9.17) is 10.5 Å². The molecule has 7 nitrogen and oxygen atoms in total. The fourth-order valence-electron chi connectivity index (χ4n) is 2.79. The second-order valence-electron chi connectivity index (χ2n) is 6.58. The van der Waals surface area contributed by atoms with Crippen molar-refractivity contribution in [2.24, 2.45) is 5.73 Å². The average Bonchev–Trinajstić information content (AvgIpc) is 2.76. The van der Waals surface area contributed by atoms with E-state index in [1.807, 2.05) is 0 Å². The lowest BCUT2D eigenvalue weighted by atomic mass is 10.1. The van der Waals surface area contributed by atoms with E-state index in [-0.39, 0.29) is 17.9 Å². The molecule has 0 aliphatic rings. The van der Waals surface area contributed by atoms with Crippen LogP contribution >= 0.6 is 0 Å². The SMILES string of the molecule is NC(=O)CNC(=O)c1cccc(NC(=O)C(Oc2cccc(F)c2)c2ccccc2)c1. The van der Waals surface area contributed by atoms with Crippen molar-refractivity contribution in [3.8, 4) is 5.75 Å². The number of ether oxygens (including phenoxy) is 1. The Hall–Kier alpha value is -4.20. The number of carbonyl (C=O) groups excluding carboxylic acids is 3. The number of rotatable bonds is 8. The summed E-state index contributed by atoms with van der Waals surface area (Å²) in [5.41, 5.74) is 6.18. The summed E-state index contributed by atoms with van der Waals surface area (Å²) in [6.07, 6.45) is -1.06. The van der Waals surface area contributed by atoms with Crippen LogP contribution in [0.3, 0.4) is 0 Å². The van der Waals surface area contributed by atoms with Crippen molar-refractivity contribution in [2.75, 3.05) is 11.9 Å². The maximum absolute atomic E-state index is 13.6. The first-order chi connectivity index (χ1) is 14.9. The molecule has 0 radical (unpaired) electrons. The third-order valence-corrected chi connectivity index (χ3v) is 4.21. The Bertz CT molecular complexity index is 1090. The number of nitrogens with one attached hydrogen (secondary N) is 2. The molecule has 0 aliphatic heterocycles. The normalized spacial score (nSPS) is 11.3. The highest BCUT2D eigenvalue weighted by atomic mass is 19.1. The van der Waals surface area contributed by atoms with E-state index in [0.717, 1.165) is 0 Å². The molecule has 3 amide bonds. The van der Waals surface area contributed by atoms with Crippen molar-refractivity contribution in [3.05, 3.63) is 95.8 Å². The molecule has 3 aromatic rings. The van der Waals surface area contributed by atoms with E-state index >= 15 is 0 Å². The number of anilines is 1. The Balaban J connectivity index is 1.80. The topological polar surface area (TPSA) is 111 Å². The summed E-state index contributed by atoms with van der Waals surface area (Å²) in [7, 11) is 0. The number of carbonyl (C=O) groups is 3. The lowest BCUT2D eigenvalue weighted by molar-refractivity contribution is -0.123. The van der Waals surface area contributed by atoms with Crippen molar-refractivity contribution in [3.63, 3.8) is 0 Å². The van der Waals surface area contributed by atoms with Gasteiger partial charge < -0.3 is 21.1 Å². The fourth-order valence-corrected chi connectivity index (χ4v) is 2.79. The van der Waals surface area contributed by atoms with Crippen molar-refractivity contribution >= 4 is 23.4 Å². The molecule has 8 heteroatoms.